The number of aromatic nitrogens is 1. The van der Waals surface area contributed by atoms with Gasteiger partial charge in [0.05, 0.1) is 18.0 Å². The number of benzene rings is 1. The highest BCUT2D eigenvalue weighted by Gasteiger charge is 2.16. The second kappa shape index (κ2) is 6.88. The Labute approximate surface area is 131 Å². The molecule has 118 valence electrons. The van der Waals surface area contributed by atoms with Gasteiger partial charge in [-0.15, -0.1) is 0 Å². The molecule has 0 fully saturated rings. The van der Waals surface area contributed by atoms with E-state index in [1.165, 1.54) is 0 Å². The van der Waals surface area contributed by atoms with Crippen LogP contribution in [0, 0.1) is 13.8 Å². The van der Waals surface area contributed by atoms with Crippen molar-refractivity contribution in [2.75, 3.05) is 13.6 Å². The van der Waals surface area contributed by atoms with Crippen LogP contribution in [-0.4, -0.2) is 40.6 Å². The van der Waals surface area contributed by atoms with E-state index in [-0.39, 0.29) is 12.0 Å². The van der Waals surface area contributed by atoms with Crippen molar-refractivity contribution in [1.82, 2.24) is 9.88 Å². The highest BCUT2D eigenvalue weighted by Crippen LogP contribution is 2.23. The summed E-state index contributed by atoms with van der Waals surface area (Å²) >= 11 is 0. The molecule has 0 saturated carbocycles. The van der Waals surface area contributed by atoms with Crippen LogP contribution < -0.4 is 0 Å². The van der Waals surface area contributed by atoms with Gasteiger partial charge in [0.25, 0.3) is 0 Å². The number of aryl methyl sites for hydroxylation is 2. The molecule has 0 aliphatic heterocycles. The van der Waals surface area contributed by atoms with Crippen molar-refractivity contribution in [1.29, 1.82) is 0 Å². The number of carbonyl (C=O) groups is 1. The molecule has 2 aromatic rings. The van der Waals surface area contributed by atoms with Crippen LogP contribution in [0.5, 0.6) is 0 Å². The molecular weight excluding hydrogens is 276 g/mol. The number of carbonyl (C=O) groups excluding carboxylic acids is 1. The van der Waals surface area contributed by atoms with Crippen molar-refractivity contribution >= 4 is 16.8 Å². The van der Waals surface area contributed by atoms with Crippen molar-refractivity contribution in [3.63, 3.8) is 0 Å². The number of aliphatic hydroxyl groups excluding tert-OH is 1. The number of nitrogens with zero attached hydrogens (tertiary/aromatic N) is 2. The van der Waals surface area contributed by atoms with Crippen molar-refractivity contribution < 1.29 is 9.90 Å². The molecule has 4 heteroatoms. The minimum absolute atomic E-state index is 0.0592. The molecule has 22 heavy (non-hydrogen) atoms. The fourth-order valence-corrected chi connectivity index (χ4v) is 2.62. The third-order valence-corrected chi connectivity index (χ3v) is 4.12. The molecule has 0 aliphatic rings. The second-order valence-corrected chi connectivity index (χ2v) is 5.95. The van der Waals surface area contributed by atoms with Crippen LogP contribution in [0.15, 0.2) is 24.3 Å². The Morgan fingerprint density at radius 1 is 1.32 bits per heavy atom. The largest absolute Gasteiger partial charge is 0.393 e. The third-order valence-electron chi connectivity index (χ3n) is 4.12. The summed E-state index contributed by atoms with van der Waals surface area (Å²) in [5.41, 5.74) is 4.01. The van der Waals surface area contributed by atoms with E-state index in [1.807, 2.05) is 31.2 Å². The van der Waals surface area contributed by atoms with Gasteiger partial charge in [0.1, 0.15) is 0 Å². The Balaban J connectivity index is 2.22. The summed E-state index contributed by atoms with van der Waals surface area (Å²) in [5, 5.41) is 10.4. The topological polar surface area (TPSA) is 53.4 Å². The lowest BCUT2D eigenvalue weighted by molar-refractivity contribution is -0.129. The smallest absolute Gasteiger partial charge is 0.226 e. The minimum Gasteiger partial charge on any atom is -0.393 e. The van der Waals surface area contributed by atoms with E-state index in [1.54, 1.807) is 18.9 Å². The van der Waals surface area contributed by atoms with E-state index < -0.39 is 0 Å². The molecule has 1 unspecified atom stereocenters. The minimum atomic E-state index is -0.388. The Bertz CT molecular complexity index is 680. The van der Waals surface area contributed by atoms with Gasteiger partial charge in [0.2, 0.25) is 5.91 Å². The van der Waals surface area contributed by atoms with Crippen molar-refractivity contribution in [2.45, 2.75) is 39.7 Å². The first-order valence-corrected chi connectivity index (χ1v) is 7.67. The maximum absolute atomic E-state index is 12.4. The van der Waals surface area contributed by atoms with Gasteiger partial charge < -0.3 is 10.0 Å². The Morgan fingerprint density at radius 3 is 2.68 bits per heavy atom. The highest BCUT2D eigenvalue weighted by molar-refractivity contribution is 5.86. The lowest BCUT2D eigenvalue weighted by Gasteiger charge is -2.19. The molecule has 1 amide bonds. The zero-order valence-electron chi connectivity index (χ0n) is 13.8. The highest BCUT2D eigenvalue weighted by atomic mass is 16.3. The summed E-state index contributed by atoms with van der Waals surface area (Å²) in [4.78, 5) is 18.7. The van der Waals surface area contributed by atoms with E-state index in [0.29, 0.717) is 19.4 Å². The fraction of sp³-hybridized carbons (Fsp3) is 0.444. The van der Waals surface area contributed by atoms with E-state index in [2.05, 4.69) is 11.9 Å². The molecule has 0 radical (unpaired) electrons. The van der Waals surface area contributed by atoms with Gasteiger partial charge in [-0.25, -0.2) is 0 Å². The Morgan fingerprint density at radius 2 is 2.00 bits per heavy atom. The van der Waals surface area contributed by atoms with Crippen molar-refractivity contribution in [3.8, 4) is 0 Å². The lowest BCUT2D eigenvalue weighted by atomic mass is 9.99. The molecule has 0 aliphatic carbocycles. The molecule has 1 aromatic carbocycles. The number of para-hydroxylation sites is 1. The predicted octanol–water partition coefficient (Wildman–Crippen LogP) is 2.62. The van der Waals surface area contributed by atoms with Gasteiger partial charge >= 0.3 is 0 Å². The van der Waals surface area contributed by atoms with Gasteiger partial charge in [-0.3, -0.25) is 9.78 Å². The van der Waals surface area contributed by atoms with E-state index in [9.17, 15) is 9.90 Å². The number of rotatable bonds is 5. The average molecular weight is 300 g/mol. The van der Waals surface area contributed by atoms with Crippen LogP contribution in [0.1, 0.15) is 30.2 Å². The van der Waals surface area contributed by atoms with Crippen LogP contribution in [0.2, 0.25) is 0 Å². The van der Waals surface area contributed by atoms with Gasteiger partial charge in [0, 0.05) is 24.7 Å². The molecule has 0 bridgehead atoms. The number of fused-ring (bicyclic) bond motifs is 1. The molecule has 1 N–H and O–H groups in total. The summed E-state index contributed by atoms with van der Waals surface area (Å²) in [6.07, 6.45) is 0.559. The molecule has 1 atom stereocenters. The zero-order valence-corrected chi connectivity index (χ0v) is 13.8. The molecule has 2 rings (SSSR count). The standard InChI is InChI=1S/C18H24N2O2/c1-12(21)9-10-20(4)18(22)11-16-13(2)15-7-5-6-8-17(15)19-14(16)3/h5-8,12,21H,9-11H2,1-4H3. The maximum atomic E-state index is 12.4. The number of likely N-dealkylation sites (N-methyl/N-ethyl adjacent to an activating group) is 1. The van der Waals surface area contributed by atoms with E-state index in [0.717, 1.165) is 27.7 Å². The number of amides is 1. The second-order valence-electron chi connectivity index (χ2n) is 5.95. The van der Waals surface area contributed by atoms with Crippen LogP contribution in [-0.2, 0) is 11.2 Å². The first kappa shape index (κ1) is 16.4. The van der Waals surface area contributed by atoms with E-state index >= 15 is 0 Å². The summed E-state index contributed by atoms with van der Waals surface area (Å²) in [5.74, 6) is 0.0592. The fourth-order valence-electron chi connectivity index (χ4n) is 2.62. The molecule has 1 heterocycles. The van der Waals surface area contributed by atoms with Crippen LogP contribution in [0.3, 0.4) is 0 Å². The molecule has 0 saturated heterocycles. The van der Waals surface area contributed by atoms with Crippen LogP contribution in [0.4, 0.5) is 0 Å². The number of hydrogen-bond acceptors (Lipinski definition) is 3. The monoisotopic (exact) mass is 300 g/mol. The Hall–Kier alpha value is -1.94. The van der Waals surface area contributed by atoms with Gasteiger partial charge in [0.15, 0.2) is 0 Å². The van der Waals surface area contributed by atoms with Gasteiger partial charge in [-0.1, -0.05) is 18.2 Å². The van der Waals surface area contributed by atoms with Crippen LogP contribution in [0.25, 0.3) is 10.9 Å². The first-order valence-electron chi connectivity index (χ1n) is 7.67. The predicted molar refractivity (Wildman–Crippen MR) is 88.9 cm³/mol. The number of aliphatic hydroxyl groups is 1. The lowest BCUT2D eigenvalue weighted by Crippen LogP contribution is -2.31. The van der Waals surface area contributed by atoms with Crippen LogP contribution >= 0.6 is 0 Å². The maximum Gasteiger partial charge on any atom is 0.226 e. The molecule has 4 nitrogen and oxygen atoms in total. The summed E-state index contributed by atoms with van der Waals surface area (Å²) < 4.78 is 0. The Kier molecular flexibility index (Phi) is 5.14. The summed E-state index contributed by atoms with van der Waals surface area (Å²) in [6, 6.07) is 8.01. The quantitative estimate of drug-likeness (QED) is 0.923. The third kappa shape index (κ3) is 3.63. The van der Waals surface area contributed by atoms with Crippen molar-refractivity contribution in [3.05, 3.63) is 41.1 Å². The molecule has 1 aromatic heterocycles. The van der Waals surface area contributed by atoms with Gasteiger partial charge in [-0.2, -0.15) is 0 Å². The molecule has 0 spiro atoms. The summed E-state index contributed by atoms with van der Waals surface area (Å²) in [6.45, 7) is 6.31. The SMILES string of the molecule is Cc1nc2ccccc2c(C)c1CC(=O)N(C)CCC(C)O. The zero-order chi connectivity index (χ0) is 16.3. The normalized spacial score (nSPS) is 12.4. The number of pyridine rings is 1. The summed E-state index contributed by atoms with van der Waals surface area (Å²) in [7, 11) is 1.78. The first-order chi connectivity index (χ1) is 10.4. The van der Waals surface area contributed by atoms with E-state index in [4.69, 9.17) is 0 Å². The molecular formula is C18H24N2O2. The van der Waals surface area contributed by atoms with Crippen molar-refractivity contribution in [2.24, 2.45) is 0 Å². The van der Waals surface area contributed by atoms with Gasteiger partial charge in [-0.05, 0) is 44.4 Å². The average Bonchev–Trinajstić information content (AvgIpc) is 2.48. The number of hydrogen-bond donors (Lipinski definition) is 1.